The number of anilines is 1. The highest BCUT2D eigenvalue weighted by atomic mass is 35.5. The molecule has 2 N–H and O–H groups in total. The van der Waals surface area contributed by atoms with Gasteiger partial charge in [0, 0.05) is 6.20 Å². The van der Waals surface area contributed by atoms with Gasteiger partial charge in [-0.15, -0.1) is 5.10 Å². The van der Waals surface area contributed by atoms with E-state index in [9.17, 15) is 9.59 Å². The van der Waals surface area contributed by atoms with Crippen LogP contribution in [0.15, 0.2) is 30.6 Å². The van der Waals surface area contributed by atoms with Gasteiger partial charge in [-0.1, -0.05) is 16.8 Å². The molecular weight excluding hydrogens is 272 g/mol. The van der Waals surface area contributed by atoms with E-state index in [0.29, 0.717) is 0 Å². The lowest BCUT2D eigenvalue weighted by Crippen LogP contribution is -2.19. The van der Waals surface area contributed by atoms with Crippen LogP contribution < -0.4 is 5.32 Å². The molecular formula is C11H9ClN4O3. The predicted molar refractivity (Wildman–Crippen MR) is 67.1 cm³/mol. The molecule has 0 fully saturated rings. The van der Waals surface area contributed by atoms with Gasteiger partial charge in [0.05, 0.1) is 22.5 Å². The van der Waals surface area contributed by atoms with Crippen LogP contribution in [-0.2, 0) is 11.3 Å². The summed E-state index contributed by atoms with van der Waals surface area (Å²) in [7, 11) is 0. The van der Waals surface area contributed by atoms with E-state index in [1.165, 1.54) is 35.3 Å². The molecule has 1 amide bonds. The first kappa shape index (κ1) is 13.0. The lowest BCUT2D eigenvalue weighted by Gasteiger charge is -2.08. The van der Waals surface area contributed by atoms with Crippen molar-refractivity contribution >= 4 is 29.2 Å². The van der Waals surface area contributed by atoms with Gasteiger partial charge in [-0.25, -0.2) is 9.48 Å². The van der Waals surface area contributed by atoms with Crippen LogP contribution in [0.4, 0.5) is 5.69 Å². The number of hydrogen-bond donors (Lipinski definition) is 2. The number of carboxylic acids is 1. The molecule has 1 aromatic heterocycles. The van der Waals surface area contributed by atoms with E-state index >= 15 is 0 Å². The molecule has 1 aromatic carbocycles. The summed E-state index contributed by atoms with van der Waals surface area (Å²) in [5.74, 6) is -1.47. The van der Waals surface area contributed by atoms with Gasteiger partial charge in [0.15, 0.2) is 0 Å². The first-order valence-corrected chi connectivity index (χ1v) is 5.61. The number of carbonyl (C=O) groups is 2. The Morgan fingerprint density at radius 1 is 1.42 bits per heavy atom. The van der Waals surface area contributed by atoms with E-state index in [-0.39, 0.29) is 28.7 Å². The number of benzene rings is 1. The molecule has 98 valence electrons. The molecule has 0 aliphatic heterocycles. The van der Waals surface area contributed by atoms with Crippen molar-refractivity contribution in [2.24, 2.45) is 0 Å². The molecule has 0 saturated carbocycles. The Morgan fingerprint density at radius 3 is 2.84 bits per heavy atom. The van der Waals surface area contributed by atoms with Crippen LogP contribution in [0.3, 0.4) is 0 Å². The molecule has 8 heteroatoms. The van der Waals surface area contributed by atoms with Crippen molar-refractivity contribution in [1.82, 2.24) is 15.0 Å². The highest BCUT2D eigenvalue weighted by Crippen LogP contribution is 2.23. The zero-order valence-corrected chi connectivity index (χ0v) is 10.3. The molecule has 0 bridgehead atoms. The van der Waals surface area contributed by atoms with Gasteiger partial charge in [0.1, 0.15) is 6.54 Å². The monoisotopic (exact) mass is 280 g/mol. The van der Waals surface area contributed by atoms with Gasteiger partial charge in [0.25, 0.3) is 0 Å². The van der Waals surface area contributed by atoms with Gasteiger partial charge < -0.3 is 10.4 Å². The first-order valence-electron chi connectivity index (χ1n) is 5.23. The largest absolute Gasteiger partial charge is 0.478 e. The second-order valence-electron chi connectivity index (χ2n) is 3.65. The van der Waals surface area contributed by atoms with E-state index < -0.39 is 5.97 Å². The fraction of sp³-hybridized carbons (Fsp3) is 0.0909. The summed E-state index contributed by atoms with van der Waals surface area (Å²) >= 11 is 5.88. The van der Waals surface area contributed by atoms with E-state index in [1.807, 2.05) is 0 Å². The average Bonchev–Trinajstić information content (AvgIpc) is 2.84. The van der Waals surface area contributed by atoms with Crippen molar-refractivity contribution in [3.8, 4) is 0 Å². The minimum atomic E-state index is -1.09. The molecule has 7 nitrogen and oxygen atoms in total. The number of carbonyl (C=O) groups excluding carboxylic acids is 1. The van der Waals surface area contributed by atoms with Gasteiger partial charge in [0.2, 0.25) is 5.91 Å². The fourth-order valence-electron chi connectivity index (χ4n) is 1.41. The van der Waals surface area contributed by atoms with Gasteiger partial charge in [-0.05, 0) is 18.2 Å². The smallest absolute Gasteiger partial charge is 0.335 e. The molecule has 0 aliphatic rings. The number of halogens is 1. The zero-order chi connectivity index (χ0) is 13.8. The number of carboxylic acid groups (broad SMARTS) is 1. The number of aromatic carboxylic acids is 1. The molecule has 2 rings (SSSR count). The summed E-state index contributed by atoms with van der Waals surface area (Å²) in [6.07, 6.45) is 2.99. The minimum Gasteiger partial charge on any atom is -0.478 e. The molecule has 0 atom stereocenters. The van der Waals surface area contributed by atoms with E-state index in [1.54, 1.807) is 0 Å². The van der Waals surface area contributed by atoms with E-state index in [2.05, 4.69) is 15.6 Å². The van der Waals surface area contributed by atoms with Gasteiger partial charge in [-0.2, -0.15) is 0 Å². The summed E-state index contributed by atoms with van der Waals surface area (Å²) in [5, 5.41) is 18.9. The number of rotatable bonds is 4. The van der Waals surface area contributed by atoms with Crippen LogP contribution in [-0.4, -0.2) is 32.0 Å². The lowest BCUT2D eigenvalue weighted by atomic mass is 10.2. The Labute approximate surface area is 112 Å². The molecule has 19 heavy (non-hydrogen) atoms. The number of amides is 1. The maximum absolute atomic E-state index is 11.7. The topological polar surface area (TPSA) is 97.1 Å². The second-order valence-corrected chi connectivity index (χ2v) is 4.06. The van der Waals surface area contributed by atoms with Crippen molar-refractivity contribution in [1.29, 1.82) is 0 Å². The first-order chi connectivity index (χ1) is 9.06. The van der Waals surface area contributed by atoms with Gasteiger partial charge in [-0.3, -0.25) is 4.79 Å². The Kier molecular flexibility index (Phi) is 3.76. The Hall–Kier alpha value is -2.41. The minimum absolute atomic E-state index is 0.0341. The third kappa shape index (κ3) is 3.29. The molecule has 0 spiro atoms. The molecule has 0 unspecified atom stereocenters. The standard InChI is InChI=1S/C11H9ClN4O3/c12-8-2-1-7(11(18)19)5-9(8)14-10(17)6-16-4-3-13-15-16/h1-5H,6H2,(H,14,17)(H,18,19). The average molecular weight is 281 g/mol. The Bertz CT molecular complexity index is 612. The maximum Gasteiger partial charge on any atom is 0.335 e. The highest BCUT2D eigenvalue weighted by molar-refractivity contribution is 6.33. The van der Waals surface area contributed by atoms with Crippen LogP contribution in [0.1, 0.15) is 10.4 Å². The maximum atomic E-state index is 11.7. The van der Waals surface area contributed by atoms with Crippen molar-refractivity contribution in [2.45, 2.75) is 6.54 Å². The summed E-state index contributed by atoms with van der Waals surface area (Å²) in [6.45, 7) is -0.0341. The molecule has 0 radical (unpaired) electrons. The van der Waals surface area contributed by atoms with Gasteiger partial charge >= 0.3 is 5.97 Å². The Balaban J connectivity index is 2.11. The summed E-state index contributed by atoms with van der Waals surface area (Å²) in [6, 6.07) is 4.07. The third-order valence-corrected chi connectivity index (χ3v) is 2.59. The molecule has 0 saturated heterocycles. The van der Waals surface area contributed by atoms with E-state index in [0.717, 1.165) is 0 Å². The second kappa shape index (κ2) is 5.49. The number of aromatic nitrogens is 3. The van der Waals surface area contributed by atoms with Crippen molar-refractivity contribution in [3.05, 3.63) is 41.2 Å². The zero-order valence-electron chi connectivity index (χ0n) is 9.58. The quantitative estimate of drug-likeness (QED) is 0.879. The Morgan fingerprint density at radius 2 is 2.21 bits per heavy atom. The molecule has 1 heterocycles. The molecule has 0 aliphatic carbocycles. The number of hydrogen-bond acceptors (Lipinski definition) is 4. The predicted octanol–water partition coefficient (Wildman–Crippen LogP) is 1.27. The van der Waals surface area contributed by atoms with Crippen LogP contribution >= 0.6 is 11.6 Å². The van der Waals surface area contributed by atoms with Crippen molar-refractivity contribution in [3.63, 3.8) is 0 Å². The van der Waals surface area contributed by atoms with Crippen LogP contribution in [0.25, 0.3) is 0 Å². The SMILES string of the molecule is O=C(Cn1ccnn1)Nc1cc(C(=O)O)ccc1Cl. The summed E-state index contributed by atoms with van der Waals surface area (Å²) in [4.78, 5) is 22.5. The summed E-state index contributed by atoms with van der Waals surface area (Å²) in [5.41, 5.74) is 0.284. The van der Waals surface area contributed by atoms with Crippen LogP contribution in [0.5, 0.6) is 0 Å². The van der Waals surface area contributed by atoms with Crippen LogP contribution in [0.2, 0.25) is 5.02 Å². The third-order valence-electron chi connectivity index (χ3n) is 2.26. The normalized spacial score (nSPS) is 10.2. The van der Waals surface area contributed by atoms with Crippen LogP contribution in [0, 0.1) is 0 Å². The lowest BCUT2D eigenvalue weighted by molar-refractivity contribution is -0.116. The van der Waals surface area contributed by atoms with E-state index in [4.69, 9.17) is 16.7 Å². The highest BCUT2D eigenvalue weighted by Gasteiger charge is 2.10. The van der Waals surface area contributed by atoms with Crippen molar-refractivity contribution < 1.29 is 14.7 Å². The summed E-state index contributed by atoms with van der Waals surface area (Å²) < 4.78 is 1.34. The number of nitrogens with zero attached hydrogens (tertiary/aromatic N) is 3. The fourth-order valence-corrected chi connectivity index (χ4v) is 1.57. The number of nitrogens with one attached hydrogen (secondary N) is 1. The van der Waals surface area contributed by atoms with Crippen molar-refractivity contribution in [2.75, 3.05) is 5.32 Å². The molecule has 2 aromatic rings.